The molecule has 1 saturated heterocycles. The number of amides is 1. The fourth-order valence-electron chi connectivity index (χ4n) is 3.80. The number of carbonyl (C=O) groups is 1. The van der Waals surface area contributed by atoms with Crippen molar-refractivity contribution in [2.45, 2.75) is 25.8 Å². The Morgan fingerprint density at radius 3 is 2.69 bits per heavy atom. The summed E-state index contributed by atoms with van der Waals surface area (Å²) in [5, 5.41) is 10.4. The number of benzene rings is 2. The second-order valence-electron chi connectivity index (χ2n) is 7.22. The van der Waals surface area contributed by atoms with E-state index in [9.17, 15) is 4.79 Å². The molecule has 1 amide bonds. The summed E-state index contributed by atoms with van der Waals surface area (Å²) in [6.45, 7) is 2.37. The fourth-order valence-corrected chi connectivity index (χ4v) is 3.80. The number of rotatable bonds is 6. The van der Waals surface area contributed by atoms with Gasteiger partial charge in [-0.2, -0.15) is 5.10 Å². The maximum atomic E-state index is 12.9. The molecule has 1 aromatic heterocycles. The first-order valence-corrected chi connectivity index (χ1v) is 10.1. The average Bonchev–Trinajstić information content (AvgIpc) is 3.27. The van der Waals surface area contributed by atoms with Crippen LogP contribution in [-0.2, 0) is 6.54 Å². The van der Waals surface area contributed by atoms with Gasteiger partial charge in [0, 0.05) is 24.3 Å². The van der Waals surface area contributed by atoms with Gasteiger partial charge in [-0.15, -0.1) is 0 Å². The zero-order valence-corrected chi connectivity index (χ0v) is 16.6. The molecule has 0 saturated carbocycles. The first-order valence-electron chi connectivity index (χ1n) is 10.1. The normalized spacial score (nSPS) is 13.9. The van der Waals surface area contributed by atoms with Gasteiger partial charge < -0.3 is 15.0 Å². The molecule has 1 fully saturated rings. The number of hydrogen-bond acceptors (Lipinski definition) is 4. The van der Waals surface area contributed by atoms with Crippen LogP contribution in [0.2, 0.25) is 0 Å². The number of piperidine rings is 1. The van der Waals surface area contributed by atoms with E-state index in [1.807, 2.05) is 54.6 Å². The second-order valence-corrected chi connectivity index (χ2v) is 7.22. The van der Waals surface area contributed by atoms with Gasteiger partial charge in [-0.05, 0) is 49.6 Å². The predicted molar refractivity (Wildman–Crippen MR) is 114 cm³/mol. The molecule has 1 aliphatic rings. The predicted octanol–water partition coefficient (Wildman–Crippen LogP) is 4.01. The zero-order valence-electron chi connectivity index (χ0n) is 16.6. The molecule has 2 N–H and O–H groups in total. The molecule has 1 aliphatic heterocycles. The van der Waals surface area contributed by atoms with E-state index in [-0.39, 0.29) is 5.91 Å². The topological polar surface area (TPSA) is 70.2 Å². The third kappa shape index (κ3) is 4.26. The van der Waals surface area contributed by atoms with Crippen LogP contribution >= 0.6 is 0 Å². The quantitative estimate of drug-likeness (QED) is 0.667. The summed E-state index contributed by atoms with van der Waals surface area (Å²) in [6.07, 6.45) is 3.61. The molecule has 0 bridgehead atoms. The molecule has 2 heterocycles. The maximum absolute atomic E-state index is 12.9. The third-order valence-electron chi connectivity index (χ3n) is 5.30. The summed E-state index contributed by atoms with van der Waals surface area (Å²) < 4.78 is 5.41. The van der Waals surface area contributed by atoms with Crippen molar-refractivity contribution in [1.29, 1.82) is 0 Å². The second kappa shape index (κ2) is 8.82. The average molecular weight is 390 g/mol. The summed E-state index contributed by atoms with van der Waals surface area (Å²) in [7, 11) is 1.65. The van der Waals surface area contributed by atoms with Crippen molar-refractivity contribution < 1.29 is 9.53 Å². The van der Waals surface area contributed by atoms with E-state index < -0.39 is 0 Å². The number of H-pyrrole nitrogens is 1. The Kier molecular flexibility index (Phi) is 5.79. The highest BCUT2D eigenvalue weighted by atomic mass is 16.5. The van der Waals surface area contributed by atoms with Crippen molar-refractivity contribution in [3.63, 3.8) is 0 Å². The molecule has 0 atom stereocenters. The van der Waals surface area contributed by atoms with Crippen LogP contribution in [0.5, 0.6) is 5.75 Å². The Bertz CT molecular complexity index is 976. The van der Waals surface area contributed by atoms with E-state index >= 15 is 0 Å². The minimum absolute atomic E-state index is 0.0759. The lowest BCUT2D eigenvalue weighted by Crippen LogP contribution is -2.32. The van der Waals surface area contributed by atoms with Gasteiger partial charge in [-0.3, -0.25) is 9.89 Å². The van der Waals surface area contributed by atoms with Crippen LogP contribution in [0, 0.1) is 0 Å². The first kappa shape index (κ1) is 19.1. The minimum Gasteiger partial charge on any atom is -0.496 e. The zero-order chi connectivity index (χ0) is 20.1. The number of methoxy groups -OCH3 is 1. The molecule has 29 heavy (non-hydrogen) atoms. The minimum atomic E-state index is -0.0759. The largest absolute Gasteiger partial charge is 0.496 e. The number of hydrogen-bond donors (Lipinski definition) is 2. The molecule has 0 radical (unpaired) electrons. The summed E-state index contributed by atoms with van der Waals surface area (Å²) in [5.41, 5.74) is 4.31. The van der Waals surface area contributed by atoms with Crippen LogP contribution in [0.15, 0.2) is 54.6 Å². The molecule has 6 heteroatoms. The van der Waals surface area contributed by atoms with Crippen LogP contribution in [0.1, 0.15) is 35.3 Å². The van der Waals surface area contributed by atoms with Crippen LogP contribution in [-0.4, -0.2) is 36.3 Å². The third-order valence-corrected chi connectivity index (χ3v) is 5.30. The highest BCUT2D eigenvalue weighted by Crippen LogP contribution is 2.28. The monoisotopic (exact) mass is 390 g/mol. The first-order chi connectivity index (χ1) is 14.3. The molecule has 3 aromatic rings. The maximum Gasteiger partial charge on any atom is 0.253 e. The fraction of sp³-hybridized carbons (Fsp3) is 0.304. The van der Waals surface area contributed by atoms with Gasteiger partial charge in [0.1, 0.15) is 5.75 Å². The number of anilines is 1. The lowest BCUT2D eigenvalue weighted by atomic mass is 10.1. The van der Waals surface area contributed by atoms with Crippen molar-refractivity contribution in [1.82, 2.24) is 15.5 Å². The van der Waals surface area contributed by atoms with Gasteiger partial charge in [0.05, 0.1) is 30.6 Å². The van der Waals surface area contributed by atoms with E-state index in [0.717, 1.165) is 47.0 Å². The highest BCUT2D eigenvalue weighted by Gasteiger charge is 2.18. The van der Waals surface area contributed by atoms with Gasteiger partial charge in [0.25, 0.3) is 5.91 Å². The van der Waals surface area contributed by atoms with Gasteiger partial charge in [-0.1, -0.05) is 24.3 Å². The van der Waals surface area contributed by atoms with Crippen LogP contribution in [0.3, 0.4) is 0 Å². The smallest absolute Gasteiger partial charge is 0.253 e. The van der Waals surface area contributed by atoms with Crippen molar-refractivity contribution in [2.75, 3.05) is 25.1 Å². The van der Waals surface area contributed by atoms with Gasteiger partial charge in [-0.25, -0.2) is 0 Å². The van der Waals surface area contributed by atoms with E-state index in [0.29, 0.717) is 6.54 Å². The lowest BCUT2D eigenvalue weighted by molar-refractivity contribution is 0.0951. The SMILES string of the molecule is COc1ccccc1-c1cc(CNC(=O)c2ccccc2N2CCCCC2)n[nH]1. The molecule has 2 aromatic carbocycles. The van der Waals surface area contributed by atoms with Crippen molar-refractivity contribution in [2.24, 2.45) is 0 Å². The highest BCUT2D eigenvalue weighted by molar-refractivity contribution is 5.99. The van der Waals surface area contributed by atoms with E-state index in [2.05, 4.69) is 20.4 Å². The Labute approximate surface area is 170 Å². The summed E-state index contributed by atoms with van der Waals surface area (Å²) in [4.78, 5) is 15.2. The summed E-state index contributed by atoms with van der Waals surface area (Å²) in [5.74, 6) is 0.704. The Balaban J connectivity index is 1.45. The van der Waals surface area contributed by atoms with Gasteiger partial charge >= 0.3 is 0 Å². The molecule has 150 valence electrons. The summed E-state index contributed by atoms with van der Waals surface area (Å²) in [6, 6.07) is 17.5. The number of nitrogens with zero attached hydrogens (tertiary/aromatic N) is 2. The number of carbonyl (C=O) groups excluding carboxylic acids is 1. The van der Waals surface area contributed by atoms with Crippen molar-refractivity contribution >= 4 is 11.6 Å². The Morgan fingerprint density at radius 1 is 1.10 bits per heavy atom. The molecule has 0 unspecified atom stereocenters. The summed E-state index contributed by atoms with van der Waals surface area (Å²) >= 11 is 0. The van der Waals surface area contributed by atoms with Gasteiger partial charge in [0.2, 0.25) is 0 Å². The lowest BCUT2D eigenvalue weighted by Gasteiger charge is -2.30. The van der Waals surface area contributed by atoms with Crippen LogP contribution in [0.4, 0.5) is 5.69 Å². The van der Waals surface area contributed by atoms with E-state index in [1.54, 1.807) is 7.11 Å². The number of ether oxygens (including phenoxy) is 1. The molecular weight excluding hydrogens is 364 g/mol. The number of nitrogens with one attached hydrogen (secondary N) is 2. The van der Waals surface area contributed by atoms with E-state index in [1.165, 1.54) is 19.3 Å². The molecule has 6 nitrogen and oxygen atoms in total. The van der Waals surface area contributed by atoms with Crippen molar-refractivity contribution in [3.05, 3.63) is 65.9 Å². The van der Waals surface area contributed by atoms with Crippen molar-refractivity contribution in [3.8, 4) is 17.0 Å². The number of aromatic amines is 1. The standard InChI is InChI=1S/C23H26N4O2/c1-29-22-12-6-4-9-18(22)20-15-17(25-26-20)16-24-23(28)19-10-3-5-11-21(19)27-13-7-2-8-14-27/h3-6,9-12,15H,2,7-8,13-14,16H2,1H3,(H,24,28)(H,25,26). The van der Waals surface area contributed by atoms with Crippen LogP contribution < -0.4 is 15.0 Å². The number of para-hydroxylation sites is 2. The van der Waals surface area contributed by atoms with E-state index in [4.69, 9.17) is 4.74 Å². The number of aromatic nitrogens is 2. The van der Waals surface area contributed by atoms with Crippen LogP contribution in [0.25, 0.3) is 11.3 Å². The molecule has 4 rings (SSSR count). The van der Waals surface area contributed by atoms with Gasteiger partial charge in [0.15, 0.2) is 0 Å². The molecular formula is C23H26N4O2. The Hall–Kier alpha value is -3.28. The molecule has 0 aliphatic carbocycles. The molecule has 0 spiro atoms. The Morgan fingerprint density at radius 2 is 1.86 bits per heavy atom.